The summed E-state index contributed by atoms with van der Waals surface area (Å²) in [6.07, 6.45) is 1.90. The highest BCUT2D eigenvalue weighted by Gasteiger charge is 2.09. The first-order chi connectivity index (χ1) is 9.06. The van der Waals surface area contributed by atoms with Gasteiger partial charge in [-0.05, 0) is 24.1 Å². The number of hydrogen-bond donors (Lipinski definition) is 2. The number of nitrogens with zero attached hydrogens (tertiary/aromatic N) is 2. The molecule has 1 aromatic heterocycles. The fourth-order valence-electron chi connectivity index (χ4n) is 1.80. The number of rotatable bonds is 5. The first-order valence-corrected chi connectivity index (χ1v) is 5.82. The van der Waals surface area contributed by atoms with Crippen LogP contribution in [0.2, 0.25) is 0 Å². The number of nitrogens with two attached hydrogens (primary N) is 1. The minimum absolute atomic E-state index is 0.00978. The van der Waals surface area contributed by atoms with E-state index in [2.05, 4.69) is 5.10 Å². The molecule has 100 valence electrons. The Labute approximate surface area is 109 Å². The molecule has 2 aromatic rings. The van der Waals surface area contributed by atoms with Gasteiger partial charge in [0.2, 0.25) is 0 Å². The van der Waals surface area contributed by atoms with Gasteiger partial charge in [0, 0.05) is 12.0 Å². The number of anilines is 1. The van der Waals surface area contributed by atoms with Crippen molar-refractivity contribution >= 4 is 11.8 Å². The summed E-state index contributed by atoms with van der Waals surface area (Å²) in [6.45, 7) is 0.358. The number of benzene rings is 1. The molecular formula is C13H14FN3O2. The van der Waals surface area contributed by atoms with Crippen molar-refractivity contribution in [2.24, 2.45) is 0 Å². The van der Waals surface area contributed by atoms with Gasteiger partial charge in [-0.15, -0.1) is 0 Å². The number of carbonyl (C=O) groups is 1. The summed E-state index contributed by atoms with van der Waals surface area (Å²) in [5.41, 5.74) is 7.33. The van der Waals surface area contributed by atoms with Gasteiger partial charge < -0.3 is 10.8 Å². The van der Waals surface area contributed by atoms with E-state index in [0.29, 0.717) is 24.3 Å². The Bertz CT molecular complexity index is 595. The fraction of sp³-hybridized carbons (Fsp3) is 0.231. The molecule has 0 saturated heterocycles. The van der Waals surface area contributed by atoms with Crippen LogP contribution in [0.25, 0.3) is 0 Å². The van der Waals surface area contributed by atoms with E-state index < -0.39 is 5.97 Å². The summed E-state index contributed by atoms with van der Waals surface area (Å²) >= 11 is 0. The molecule has 0 saturated carbocycles. The quantitative estimate of drug-likeness (QED) is 0.859. The lowest BCUT2D eigenvalue weighted by molar-refractivity contribution is -0.136. The minimum Gasteiger partial charge on any atom is -0.481 e. The average molecular weight is 263 g/mol. The highest BCUT2D eigenvalue weighted by molar-refractivity contribution is 5.67. The lowest BCUT2D eigenvalue weighted by Crippen LogP contribution is -2.07. The van der Waals surface area contributed by atoms with Crippen LogP contribution in [0, 0.1) is 5.82 Å². The van der Waals surface area contributed by atoms with E-state index in [9.17, 15) is 9.18 Å². The third-order valence-corrected chi connectivity index (χ3v) is 2.79. The number of carboxylic acids is 1. The van der Waals surface area contributed by atoms with Gasteiger partial charge in [-0.1, -0.05) is 12.1 Å². The summed E-state index contributed by atoms with van der Waals surface area (Å²) in [4.78, 5) is 10.5. The summed E-state index contributed by atoms with van der Waals surface area (Å²) in [6, 6.07) is 6.18. The van der Waals surface area contributed by atoms with Gasteiger partial charge in [-0.3, -0.25) is 4.79 Å². The van der Waals surface area contributed by atoms with Gasteiger partial charge in [0.05, 0.1) is 12.7 Å². The van der Waals surface area contributed by atoms with Crippen LogP contribution in [-0.2, 0) is 17.8 Å². The van der Waals surface area contributed by atoms with Crippen LogP contribution >= 0.6 is 0 Å². The second kappa shape index (κ2) is 5.51. The van der Waals surface area contributed by atoms with Crippen molar-refractivity contribution in [1.82, 2.24) is 9.78 Å². The maximum absolute atomic E-state index is 13.1. The molecule has 0 aliphatic rings. The van der Waals surface area contributed by atoms with Crippen molar-refractivity contribution in [2.75, 3.05) is 5.73 Å². The summed E-state index contributed by atoms with van der Waals surface area (Å²) in [5.74, 6) is -0.767. The first kappa shape index (κ1) is 13.1. The lowest BCUT2D eigenvalue weighted by Gasteiger charge is -2.05. The Morgan fingerprint density at radius 1 is 1.47 bits per heavy atom. The van der Waals surface area contributed by atoms with Crippen LogP contribution < -0.4 is 5.73 Å². The second-order valence-corrected chi connectivity index (χ2v) is 4.24. The number of aromatic nitrogens is 2. The molecule has 0 aliphatic carbocycles. The predicted molar refractivity (Wildman–Crippen MR) is 68.1 cm³/mol. The molecule has 0 bridgehead atoms. The number of nitrogen functional groups attached to an aromatic ring is 1. The van der Waals surface area contributed by atoms with Gasteiger partial charge >= 0.3 is 5.97 Å². The van der Waals surface area contributed by atoms with Crippen molar-refractivity contribution in [2.45, 2.75) is 19.4 Å². The number of aliphatic carboxylic acids is 1. The standard InChI is InChI=1S/C13H14FN3O2/c14-11-3-1-2-9(6-11)8-17-13(15)10(7-16-17)4-5-12(18)19/h1-3,6-7H,4-5,8,15H2,(H,18,19). The molecule has 0 fully saturated rings. The topological polar surface area (TPSA) is 81.1 Å². The minimum atomic E-state index is -0.878. The van der Waals surface area contributed by atoms with Gasteiger partial charge in [0.15, 0.2) is 0 Å². The Hall–Kier alpha value is -2.37. The summed E-state index contributed by atoms with van der Waals surface area (Å²) < 4.78 is 14.6. The van der Waals surface area contributed by atoms with E-state index in [1.165, 1.54) is 16.8 Å². The molecule has 0 amide bonds. The molecule has 19 heavy (non-hydrogen) atoms. The van der Waals surface area contributed by atoms with E-state index in [1.807, 2.05) is 0 Å². The smallest absolute Gasteiger partial charge is 0.303 e. The summed E-state index contributed by atoms with van der Waals surface area (Å²) in [7, 11) is 0. The van der Waals surface area contributed by atoms with Crippen molar-refractivity contribution < 1.29 is 14.3 Å². The number of hydrogen-bond acceptors (Lipinski definition) is 3. The van der Waals surface area contributed by atoms with Gasteiger partial charge in [0.1, 0.15) is 11.6 Å². The molecule has 1 aromatic carbocycles. The van der Waals surface area contributed by atoms with Gasteiger partial charge in [-0.2, -0.15) is 5.10 Å². The van der Waals surface area contributed by atoms with Crippen LogP contribution in [-0.4, -0.2) is 20.9 Å². The van der Waals surface area contributed by atoms with Crippen LogP contribution in [0.3, 0.4) is 0 Å². The SMILES string of the molecule is Nc1c(CCC(=O)O)cnn1Cc1cccc(F)c1. The molecule has 2 rings (SSSR count). The Kier molecular flexibility index (Phi) is 3.79. The van der Waals surface area contributed by atoms with E-state index in [4.69, 9.17) is 10.8 Å². The molecule has 0 unspecified atom stereocenters. The molecule has 0 aliphatic heterocycles. The molecular weight excluding hydrogens is 249 g/mol. The zero-order valence-electron chi connectivity index (χ0n) is 10.2. The van der Waals surface area contributed by atoms with Gasteiger partial charge in [-0.25, -0.2) is 9.07 Å². The number of halogens is 1. The number of carboxylic acid groups (broad SMARTS) is 1. The predicted octanol–water partition coefficient (Wildman–Crippen LogP) is 1.67. The zero-order valence-corrected chi connectivity index (χ0v) is 10.2. The maximum Gasteiger partial charge on any atom is 0.303 e. The third-order valence-electron chi connectivity index (χ3n) is 2.79. The van der Waals surface area contributed by atoms with Crippen LogP contribution in [0.1, 0.15) is 17.5 Å². The van der Waals surface area contributed by atoms with E-state index in [0.717, 1.165) is 5.56 Å². The van der Waals surface area contributed by atoms with Crippen molar-refractivity contribution in [3.8, 4) is 0 Å². The fourth-order valence-corrected chi connectivity index (χ4v) is 1.80. The van der Waals surface area contributed by atoms with Crippen molar-refractivity contribution in [3.63, 3.8) is 0 Å². The monoisotopic (exact) mass is 263 g/mol. The Morgan fingerprint density at radius 2 is 2.26 bits per heavy atom. The second-order valence-electron chi connectivity index (χ2n) is 4.24. The molecule has 0 radical (unpaired) electrons. The van der Waals surface area contributed by atoms with Crippen molar-refractivity contribution in [3.05, 3.63) is 47.4 Å². The first-order valence-electron chi connectivity index (χ1n) is 5.82. The zero-order chi connectivity index (χ0) is 13.8. The molecule has 0 atom stereocenters. The van der Waals surface area contributed by atoms with E-state index >= 15 is 0 Å². The van der Waals surface area contributed by atoms with E-state index in [1.54, 1.807) is 18.3 Å². The maximum atomic E-state index is 13.1. The Balaban J connectivity index is 2.11. The lowest BCUT2D eigenvalue weighted by atomic mass is 10.2. The Morgan fingerprint density at radius 3 is 2.95 bits per heavy atom. The highest BCUT2D eigenvalue weighted by atomic mass is 19.1. The molecule has 3 N–H and O–H groups in total. The largest absolute Gasteiger partial charge is 0.481 e. The van der Waals surface area contributed by atoms with Crippen LogP contribution in [0.5, 0.6) is 0 Å². The number of aryl methyl sites for hydroxylation is 1. The molecule has 6 heteroatoms. The molecule has 1 heterocycles. The summed E-state index contributed by atoms with van der Waals surface area (Å²) in [5, 5.41) is 12.7. The molecule has 0 spiro atoms. The average Bonchev–Trinajstić information content (AvgIpc) is 2.68. The van der Waals surface area contributed by atoms with Crippen molar-refractivity contribution in [1.29, 1.82) is 0 Å². The molecule has 5 nitrogen and oxygen atoms in total. The van der Waals surface area contributed by atoms with Crippen LogP contribution in [0.4, 0.5) is 10.2 Å². The normalized spacial score (nSPS) is 10.6. The highest BCUT2D eigenvalue weighted by Crippen LogP contribution is 2.15. The third kappa shape index (κ3) is 3.31. The van der Waals surface area contributed by atoms with Crippen LogP contribution in [0.15, 0.2) is 30.5 Å². The van der Waals surface area contributed by atoms with Gasteiger partial charge in [0.25, 0.3) is 0 Å². The van der Waals surface area contributed by atoms with E-state index in [-0.39, 0.29) is 12.2 Å².